The van der Waals surface area contributed by atoms with E-state index in [9.17, 15) is 9.50 Å². The van der Waals surface area contributed by atoms with Crippen LogP contribution in [0.3, 0.4) is 0 Å². The van der Waals surface area contributed by atoms with Crippen molar-refractivity contribution < 1.29 is 19.0 Å². The number of methoxy groups -OCH3 is 2. The minimum atomic E-state index is -0.911. The van der Waals surface area contributed by atoms with Gasteiger partial charge in [-0.15, -0.1) is 0 Å². The van der Waals surface area contributed by atoms with Crippen molar-refractivity contribution in [2.24, 2.45) is 0 Å². The molecule has 112 valence electrons. The minimum Gasteiger partial charge on any atom is -0.497 e. The van der Waals surface area contributed by atoms with E-state index in [1.54, 1.807) is 30.3 Å². The van der Waals surface area contributed by atoms with Gasteiger partial charge in [-0.2, -0.15) is 0 Å². The van der Waals surface area contributed by atoms with Crippen molar-refractivity contribution in [2.75, 3.05) is 14.2 Å². The number of benzene rings is 2. The fourth-order valence-corrected chi connectivity index (χ4v) is 2.26. The van der Waals surface area contributed by atoms with E-state index in [4.69, 9.17) is 21.1 Å². The smallest absolute Gasteiger partial charge is 0.127 e. The van der Waals surface area contributed by atoms with Gasteiger partial charge in [0, 0.05) is 17.0 Å². The molecule has 0 saturated heterocycles. The molecule has 0 aliphatic heterocycles. The Bertz CT molecular complexity index is 631. The zero-order valence-corrected chi connectivity index (χ0v) is 12.5. The van der Waals surface area contributed by atoms with Crippen LogP contribution in [0.1, 0.15) is 17.2 Å². The molecule has 5 heteroatoms. The molecule has 0 radical (unpaired) electrons. The van der Waals surface area contributed by atoms with Gasteiger partial charge in [-0.1, -0.05) is 17.7 Å². The molecule has 0 bridgehead atoms. The number of hydrogen-bond donors (Lipinski definition) is 1. The third-order valence-electron chi connectivity index (χ3n) is 3.22. The van der Waals surface area contributed by atoms with Crippen molar-refractivity contribution in [1.29, 1.82) is 0 Å². The molecule has 0 heterocycles. The molecule has 1 N–H and O–H groups in total. The van der Waals surface area contributed by atoms with Crippen LogP contribution in [-0.4, -0.2) is 19.3 Å². The molecule has 0 amide bonds. The SMILES string of the molecule is COc1ccc(OC)c(C(O)Cc2ccc(Cl)cc2F)c1. The summed E-state index contributed by atoms with van der Waals surface area (Å²) in [4.78, 5) is 0. The van der Waals surface area contributed by atoms with Crippen molar-refractivity contribution in [3.63, 3.8) is 0 Å². The van der Waals surface area contributed by atoms with Crippen LogP contribution in [0.5, 0.6) is 11.5 Å². The standard InChI is InChI=1S/C16H16ClFO3/c1-20-12-5-6-16(21-2)13(9-12)15(19)7-10-3-4-11(17)8-14(10)18/h3-6,8-9,15,19H,7H2,1-2H3. The van der Waals surface area contributed by atoms with Crippen LogP contribution >= 0.6 is 11.6 Å². The summed E-state index contributed by atoms with van der Waals surface area (Å²) in [5.41, 5.74) is 0.933. The Morgan fingerprint density at radius 1 is 1.14 bits per heavy atom. The lowest BCUT2D eigenvalue weighted by Crippen LogP contribution is -2.06. The Morgan fingerprint density at radius 3 is 2.52 bits per heavy atom. The maximum atomic E-state index is 13.8. The lowest BCUT2D eigenvalue weighted by molar-refractivity contribution is 0.172. The van der Waals surface area contributed by atoms with Gasteiger partial charge in [0.1, 0.15) is 17.3 Å². The Kier molecular flexibility index (Phi) is 5.04. The molecule has 1 atom stereocenters. The van der Waals surface area contributed by atoms with E-state index in [1.807, 2.05) is 0 Å². The zero-order valence-electron chi connectivity index (χ0n) is 11.8. The third-order valence-corrected chi connectivity index (χ3v) is 3.46. The highest BCUT2D eigenvalue weighted by atomic mass is 35.5. The molecule has 1 unspecified atom stereocenters. The lowest BCUT2D eigenvalue weighted by atomic mass is 10.00. The molecule has 0 saturated carbocycles. The predicted octanol–water partition coefficient (Wildman–Crippen LogP) is 3.77. The van der Waals surface area contributed by atoms with Crippen molar-refractivity contribution >= 4 is 11.6 Å². The van der Waals surface area contributed by atoms with Crippen molar-refractivity contribution in [1.82, 2.24) is 0 Å². The number of aliphatic hydroxyl groups excluding tert-OH is 1. The summed E-state index contributed by atoms with van der Waals surface area (Å²) in [7, 11) is 3.05. The molecule has 21 heavy (non-hydrogen) atoms. The second kappa shape index (κ2) is 6.78. The highest BCUT2D eigenvalue weighted by molar-refractivity contribution is 6.30. The molecular weight excluding hydrogens is 295 g/mol. The van der Waals surface area contributed by atoms with Crippen molar-refractivity contribution in [3.05, 3.63) is 58.4 Å². The maximum Gasteiger partial charge on any atom is 0.127 e. The van der Waals surface area contributed by atoms with E-state index < -0.39 is 11.9 Å². The first-order valence-corrected chi connectivity index (χ1v) is 6.77. The molecular formula is C16H16ClFO3. The van der Waals surface area contributed by atoms with E-state index in [2.05, 4.69) is 0 Å². The first-order chi connectivity index (χ1) is 10.0. The zero-order chi connectivity index (χ0) is 15.4. The van der Waals surface area contributed by atoms with Gasteiger partial charge in [0.05, 0.1) is 20.3 Å². The summed E-state index contributed by atoms with van der Waals surface area (Å²) in [6.45, 7) is 0. The quantitative estimate of drug-likeness (QED) is 0.913. The molecule has 2 aromatic rings. The van der Waals surface area contributed by atoms with Crippen LogP contribution in [-0.2, 0) is 6.42 Å². The van der Waals surface area contributed by atoms with Gasteiger partial charge in [0.2, 0.25) is 0 Å². The van der Waals surface area contributed by atoms with E-state index in [1.165, 1.54) is 20.3 Å². The molecule has 2 rings (SSSR count). The molecule has 0 aromatic heterocycles. The molecule has 3 nitrogen and oxygen atoms in total. The summed E-state index contributed by atoms with van der Waals surface area (Å²) in [6.07, 6.45) is -0.794. The normalized spacial score (nSPS) is 12.0. The predicted molar refractivity (Wildman–Crippen MR) is 79.6 cm³/mol. The Labute approximate surface area is 127 Å². The number of aliphatic hydroxyl groups is 1. The van der Waals surface area contributed by atoms with Crippen LogP contribution in [0, 0.1) is 5.82 Å². The van der Waals surface area contributed by atoms with Crippen molar-refractivity contribution in [3.8, 4) is 11.5 Å². The van der Waals surface area contributed by atoms with Gasteiger partial charge >= 0.3 is 0 Å². The summed E-state index contributed by atoms with van der Waals surface area (Å²) in [6, 6.07) is 9.50. The topological polar surface area (TPSA) is 38.7 Å². The van der Waals surface area contributed by atoms with Gasteiger partial charge in [-0.05, 0) is 35.9 Å². The van der Waals surface area contributed by atoms with E-state index >= 15 is 0 Å². The van der Waals surface area contributed by atoms with Crippen LogP contribution in [0.25, 0.3) is 0 Å². The molecule has 0 fully saturated rings. The molecule has 0 spiro atoms. The number of rotatable bonds is 5. The summed E-state index contributed by atoms with van der Waals surface area (Å²) < 4.78 is 24.2. The van der Waals surface area contributed by atoms with Crippen LogP contribution in [0.15, 0.2) is 36.4 Å². The molecule has 2 aromatic carbocycles. The fourth-order valence-electron chi connectivity index (χ4n) is 2.11. The van der Waals surface area contributed by atoms with Gasteiger partial charge < -0.3 is 14.6 Å². The average molecular weight is 311 g/mol. The van der Waals surface area contributed by atoms with Crippen LogP contribution < -0.4 is 9.47 Å². The first kappa shape index (κ1) is 15.6. The van der Waals surface area contributed by atoms with Gasteiger partial charge in [0.25, 0.3) is 0 Å². The van der Waals surface area contributed by atoms with E-state index in [0.29, 0.717) is 27.6 Å². The summed E-state index contributed by atoms with van der Waals surface area (Å²) in [5, 5.41) is 10.7. The highest BCUT2D eigenvalue weighted by Crippen LogP contribution is 2.31. The number of ether oxygens (including phenoxy) is 2. The maximum absolute atomic E-state index is 13.8. The largest absolute Gasteiger partial charge is 0.497 e. The Morgan fingerprint density at radius 2 is 1.90 bits per heavy atom. The summed E-state index contributed by atoms with van der Waals surface area (Å²) >= 11 is 5.72. The second-order valence-corrected chi connectivity index (χ2v) is 5.00. The first-order valence-electron chi connectivity index (χ1n) is 6.39. The molecule has 0 aliphatic carbocycles. The van der Waals surface area contributed by atoms with E-state index in [0.717, 1.165) is 0 Å². The second-order valence-electron chi connectivity index (χ2n) is 4.56. The number of halogens is 2. The molecule has 0 aliphatic rings. The van der Waals surface area contributed by atoms with Gasteiger partial charge in [-0.3, -0.25) is 0 Å². The highest BCUT2D eigenvalue weighted by Gasteiger charge is 2.17. The third kappa shape index (κ3) is 3.65. The van der Waals surface area contributed by atoms with Crippen LogP contribution in [0.4, 0.5) is 4.39 Å². The number of hydrogen-bond acceptors (Lipinski definition) is 3. The lowest BCUT2D eigenvalue weighted by Gasteiger charge is -2.16. The Hall–Kier alpha value is -1.78. The van der Waals surface area contributed by atoms with Crippen LogP contribution in [0.2, 0.25) is 5.02 Å². The average Bonchev–Trinajstić information content (AvgIpc) is 2.49. The van der Waals surface area contributed by atoms with Crippen molar-refractivity contribution in [2.45, 2.75) is 12.5 Å². The fraction of sp³-hybridized carbons (Fsp3) is 0.250. The Balaban J connectivity index is 2.28. The minimum absolute atomic E-state index is 0.118. The summed E-state index contributed by atoms with van der Waals surface area (Å²) in [5.74, 6) is 0.683. The monoisotopic (exact) mass is 310 g/mol. The van der Waals surface area contributed by atoms with Gasteiger partial charge in [-0.25, -0.2) is 4.39 Å². The van der Waals surface area contributed by atoms with E-state index in [-0.39, 0.29) is 6.42 Å². The van der Waals surface area contributed by atoms with Gasteiger partial charge in [0.15, 0.2) is 0 Å².